The summed E-state index contributed by atoms with van der Waals surface area (Å²) in [4.78, 5) is 10.2. The Morgan fingerprint density at radius 3 is 2.55 bits per heavy atom. The van der Waals surface area contributed by atoms with E-state index in [0.717, 1.165) is 12.7 Å². The Hall–Kier alpha value is -0.590. The highest BCUT2D eigenvalue weighted by Gasteiger charge is 2.31. The van der Waals surface area contributed by atoms with Crippen LogP contribution in [0.1, 0.15) is 33.6 Å². The van der Waals surface area contributed by atoms with E-state index < -0.39 is 0 Å². The van der Waals surface area contributed by atoms with Gasteiger partial charge in [-0.1, -0.05) is 26.3 Å². The van der Waals surface area contributed by atoms with Crippen molar-refractivity contribution in [3.05, 3.63) is 11.6 Å². The van der Waals surface area contributed by atoms with Crippen LogP contribution in [0.5, 0.6) is 0 Å². The van der Waals surface area contributed by atoms with Crippen LogP contribution in [-0.2, 0) is 4.79 Å². The lowest BCUT2D eigenvalue weighted by molar-refractivity contribution is -0.104. The van der Waals surface area contributed by atoms with Crippen molar-refractivity contribution >= 4 is 6.29 Å². The molecule has 0 heterocycles. The summed E-state index contributed by atoms with van der Waals surface area (Å²) in [6.45, 7) is 6.72. The Balaban J connectivity index is 2.74. The van der Waals surface area contributed by atoms with Gasteiger partial charge in [-0.2, -0.15) is 0 Å². The van der Waals surface area contributed by atoms with E-state index in [1.807, 2.05) is 0 Å². The van der Waals surface area contributed by atoms with E-state index in [-0.39, 0.29) is 0 Å². The van der Waals surface area contributed by atoms with Gasteiger partial charge in [-0.3, -0.25) is 4.79 Å². The number of hydrogen-bond acceptors (Lipinski definition) is 1. The zero-order chi connectivity index (χ0) is 8.48. The Kier molecular flexibility index (Phi) is 2.17. The van der Waals surface area contributed by atoms with Crippen LogP contribution in [0, 0.1) is 11.3 Å². The molecular weight excluding hydrogens is 136 g/mol. The molecule has 0 bridgehead atoms. The molecule has 1 rings (SSSR count). The second kappa shape index (κ2) is 2.80. The monoisotopic (exact) mass is 152 g/mol. The van der Waals surface area contributed by atoms with Gasteiger partial charge in [0.05, 0.1) is 0 Å². The topological polar surface area (TPSA) is 17.1 Å². The molecule has 0 aromatic heterocycles. The lowest BCUT2D eigenvalue weighted by atomic mass is 9.91. The summed E-state index contributed by atoms with van der Waals surface area (Å²) < 4.78 is 0. The maximum absolute atomic E-state index is 10.2. The molecule has 0 amide bonds. The quantitative estimate of drug-likeness (QED) is 0.417. The molecule has 1 atom stereocenters. The highest BCUT2D eigenvalue weighted by molar-refractivity contribution is 5.66. The first-order chi connectivity index (χ1) is 5.05. The Bertz CT molecular complexity index is 189. The van der Waals surface area contributed by atoms with E-state index >= 15 is 0 Å². The zero-order valence-electron chi connectivity index (χ0n) is 7.55. The predicted molar refractivity (Wildman–Crippen MR) is 46.3 cm³/mol. The van der Waals surface area contributed by atoms with Gasteiger partial charge in [-0.05, 0) is 30.3 Å². The summed E-state index contributed by atoms with van der Waals surface area (Å²) in [5.41, 5.74) is 1.74. The smallest absolute Gasteiger partial charge is 0.142 e. The molecule has 62 valence electrons. The lowest BCUT2D eigenvalue weighted by Gasteiger charge is -2.14. The van der Waals surface area contributed by atoms with Gasteiger partial charge in [0.15, 0.2) is 0 Å². The molecule has 1 aliphatic rings. The van der Waals surface area contributed by atoms with Crippen LogP contribution < -0.4 is 0 Å². The molecule has 1 aliphatic carbocycles. The van der Waals surface area contributed by atoms with Gasteiger partial charge < -0.3 is 0 Å². The molecule has 0 N–H and O–H groups in total. The molecule has 0 spiro atoms. The van der Waals surface area contributed by atoms with Gasteiger partial charge >= 0.3 is 0 Å². The summed E-state index contributed by atoms with van der Waals surface area (Å²) in [7, 11) is 0. The fourth-order valence-corrected chi connectivity index (χ4v) is 2.07. The standard InChI is InChI=1S/C10H16O/c1-8-6-10(2,3)7-9(8)4-5-11/h4-5,8H,6-7H2,1-3H3. The molecule has 1 unspecified atom stereocenters. The number of allylic oxidation sites excluding steroid dienone is 2. The SMILES string of the molecule is CC1CC(C)(C)CC1=CC=O. The van der Waals surface area contributed by atoms with Crippen molar-refractivity contribution in [2.75, 3.05) is 0 Å². The average Bonchev–Trinajstić information content (AvgIpc) is 2.07. The average molecular weight is 152 g/mol. The lowest BCUT2D eigenvalue weighted by Crippen LogP contribution is -2.03. The minimum atomic E-state index is 0.411. The van der Waals surface area contributed by atoms with Crippen LogP contribution in [-0.4, -0.2) is 6.29 Å². The van der Waals surface area contributed by atoms with Crippen molar-refractivity contribution in [1.29, 1.82) is 0 Å². The maximum atomic E-state index is 10.2. The summed E-state index contributed by atoms with van der Waals surface area (Å²) in [5, 5.41) is 0. The van der Waals surface area contributed by atoms with E-state index in [1.54, 1.807) is 6.08 Å². The van der Waals surface area contributed by atoms with Crippen molar-refractivity contribution in [3.63, 3.8) is 0 Å². The largest absolute Gasteiger partial charge is 0.299 e. The van der Waals surface area contributed by atoms with Gasteiger partial charge in [0.2, 0.25) is 0 Å². The first kappa shape index (κ1) is 8.51. The fraction of sp³-hybridized carbons (Fsp3) is 0.700. The van der Waals surface area contributed by atoms with E-state index in [0.29, 0.717) is 11.3 Å². The van der Waals surface area contributed by atoms with E-state index in [2.05, 4.69) is 20.8 Å². The number of carbonyl (C=O) groups is 1. The molecule has 11 heavy (non-hydrogen) atoms. The van der Waals surface area contributed by atoms with Crippen LogP contribution in [0.25, 0.3) is 0 Å². The zero-order valence-corrected chi connectivity index (χ0v) is 7.55. The first-order valence-electron chi connectivity index (χ1n) is 4.19. The van der Waals surface area contributed by atoms with Crippen LogP contribution in [0.2, 0.25) is 0 Å². The number of hydrogen-bond donors (Lipinski definition) is 0. The molecule has 1 saturated carbocycles. The summed E-state index contributed by atoms with van der Waals surface area (Å²) >= 11 is 0. The maximum Gasteiger partial charge on any atom is 0.142 e. The van der Waals surface area contributed by atoms with E-state index in [9.17, 15) is 4.79 Å². The van der Waals surface area contributed by atoms with Crippen LogP contribution in [0.15, 0.2) is 11.6 Å². The van der Waals surface area contributed by atoms with Crippen molar-refractivity contribution in [2.45, 2.75) is 33.6 Å². The summed E-state index contributed by atoms with van der Waals surface area (Å²) in [5.74, 6) is 0.607. The van der Waals surface area contributed by atoms with Gasteiger partial charge in [0, 0.05) is 0 Å². The second-order valence-electron chi connectivity index (χ2n) is 4.32. The Morgan fingerprint density at radius 1 is 1.55 bits per heavy atom. The van der Waals surface area contributed by atoms with E-state index in [4.69, 9.17) is 0 Å². The first-order valence-corrected chi connectivity index (χ1v) is 4.19. The predicted octanol–water partition coefficient (Wildman–Crippen LogP) is 2.57. The van der Waals surface area contributed by atoms with Gasteiger partial charge in [0.25, 0.3) is 0 Å². The van der Waals surface area contributed by atoms with Crippen molar-refractivity contribution < 1.29 is 4.79 Å². The molecule has 1 fully saturated rings. The van der Waals surface area contributed by atoms with Crippen LogP contribution in [0.3, 0.4) is 0 Å². The summed E-state index contributed by atoms with van der Waals surface area (Å²) in [6, 6.07) is 0. The number of aldehydes is 1. The Labute approximate surface area is 68.5 Å². The fourth-order valence-electron chi connectivity index (χ4n) is 2.07. The van der Waals surface area contributed by atoms with Crippen molar-refractivity contribution in [1.82, 2.24) is 0 Å². The third-order valence-electron chi connectivity index (χ3n) is 2.46. The highest BCUT2D eigenvalue weighted by Crippen LogP contribution is 2.43. The van der Waals surface area contributed by atoms with Gasteiger partial charge in [-0.25, -0.2) is 0 Å². The molecule has 0 aliphatic heterocycles. The van der Waals surface area contributed by atoms with Crippen LogP contribution in [0.4, 0.5) is 0 Å². The molecule has 0 aromatic rings. The molecular formula is C10H16O. The van der Waals surface area contributed by atoms with Crippen LogP contribution >= 0.6 is 0 Å². The number of rotatable bonds is 1. The Morgan fingerprint density at radius 2 is 2.18 bits per heavy atom. The van der Waals surface area contributed by atoms with Crippen molar-refractivity contribution in [3.8, 4) is 0 Å². The summed E-state index contributed by atoms with van der Waals surface area (Å²) in [6.07, 6.45) is 4.95. The highest BCUT2D eigenvalue weighted by atomic mass is 16.1. The van der Waals surface area contributed by atoms with Gasteiger partial charge in [0.1, 0.15) is 6.29 Å². The minimum Gasteiger partial charge on any atom is -0.299 e. The van der Waals surface area contributed by atoms with Crippen molar-refractivity contribution in [2.24, 2.45) is 11.3 Å². The minimum absolute atomic E-state index is 0.411. The molecule has 0 radical (unpaired) electrons. The third kappa shape index (κ3) is 1.92. The molecule has 0 aromatic carbocycles. The molecule has 1 nitrogen and oxygen atoms in total. The molecule has 0 saturated heterocycles. The third-order valence-corrected chi connectivity index (χ3v) is 2.46. The van der Waals surface area contributed by atoms with Gasteiger partial charge in [-0.15, -0.1) is 0 Å². The molecule has 1 heteroatoms. The second-order valence-corrected chi connectivity index (χ2v) is 4.32. The van der Waals surface area contributed by atoms with E-state index in [1.165, 1.54) is 12.0 Å². The number of carbonyl (C=O) groups excluding carboxylic acids is 1. The normalized spacial score (nSPS) is 32.6.